The van der Waals surface area contributed by atoms with Crippen LogP contribution in [0.2, 0.25) is 0 Å². The van der Waals surface area contributed by atoms with Crippen LogP contribution in [0.1, 0.15) is 41.9 Å². The zero-order chi connectivity index (χ0) is 16.7. The molecule has 1 aromatic heterocycles. The summed E-state index contributed by atoms with van der Waals surface area (Å²) in [5.74, 6) is 0.0269. The first-order valence-corrected chi connectivity index (χ1v) is 8.77. The van der Waals surface area contributed by atoms with Gasteiger partial charge in [-0.2, -0.15) is 5.10 Å². The quantitative estimate of drug-likeness (QED) is 0.915. The molecule has 0 radical (unpaired) electrons. The number of aryl methyl sites for hydroxylation is 1. The molecule has 2 aliphatic heterocycles. The third kappa shape index (κ3) is 3.44. The first-order valence-electron chi connectivity index (χ1n) is 8.77. The molecule has 2 atom stereocenters. The maximum atomic E-state index is 12.9. The van der Waals surface area contributed by atoms with Gasteiger partial charge in [-0.15, -0.1) is 12.4 Å². The van der Waals surface area contributed by atoms with Crippen LogP contribution in [0.5, 0.6) is 0 Å². The number of para-hydroxylation sites is 1. The number of nitrogens with zero attached hydrogens (tertiary/aromatic N) is 3. The number of amides is 1. The molecule has 2 saturated heterocycles. The van der Waals surface area contributed by atoms with Crippen LogP contribution in [0.4, 0.5) is 0 Å². The smallest absolute Gasteiger partial charge is 0.274 e. The monoisotopic (exact) mass is 360 g/mol. The molecule has 3 heterocycles. The molecule has 1 amide bonds. The summed E-state index contributed by atoms with van der Waals surface area (Å²) < 4.78 is 1.84. The number of fused-ring (bicyclic) bond motifs is 2. The van der Waals surface area contributed by atoms with Gasteiger partial charge in [0.2, 0.25) is 0 Å². The van der Waals surface area contributed by atoms with Gasteiger partial charge in [-0.25, -0.2) is 4.68 Å². The summed E-state index contributed by atoms with van der Waals surface area (Å²) >= 11 is 0. The van der Waals surface area contributed by atoms with Gasteiger partial charge in [0.1, 0.15) is 0 Å². The van der Waals surface area contributed by atoms with E-state index in [-0.39, 0.29) is 18.3 Å². The molecule has 25 heavy (non-hydrogen) atoms. The summed E-state index contributed by atoms with van der Waals surface area (Å²) in [4.78, 5) is 14.8. The van der Waals surface area contributed by atoms with E-state index in [4.69, 9.17) is 0 Å². The van der Waals surface area contributed by atoms with Gasteiger partial charge in [-0.3, -0.25) is 4.79 Å². The van der Waals surface area contributed by atoms with Crippen molar-refractivity contribution in [1.29, 1.82) is 0 Å². The van der Waals surface area contributed by atoms with Crippen molar-refractivity contribution in [2.45, 2.75) is 50.7 Å². The van der Waals surface area contributed by atoms with Gasteiger partial charge in [0, 0.05) is 30.9 Å². The minimum Gasteiger partial charge on any atom is -0.337 e. The second-order valence-electron chi connectivity index (χ2n) is 7.10. The summed E-state index contributed by atoms with van der Waals surface area (Å²) in [5, 5.41) is 8.19. The van der Waals surface area contributed by atoms with Gasteiger partial charge in [0.25, 0.3) is 5.91 Å². The molecule has 0 spiro atoms. The van der Waals surface area contributed by atoms with Crippen molar-refractivity contribution in [3.8, 4) is 5.69 Å². The predicted molar refractivity (Wildman–Crippen MR) is 101 cm³/mol. The molecule has 6 heteroatoms. The minimum atomic E-state index is 0. The van der Waals surface area contributed by atoms with Crippen LogP contribution in [-0.4, -0.2) is 45.8 Å². The van der Waals surface area contributed by atoms with E-state index in [9.17, 15) is 4.79 Å². The number of carbonyl (C=O) groups is 1. The second kappa shape index (κ2) is 7.18. The van der Waals surface area contributed by atoms with Gasteiger partial charge in [0.15, 0.2) is 5.69 Å². The molecule has 5 nitrogen and oxygen atoms in total. The van der Waals surface area contributed by atoms with Crippen molar-refractivity contribution in [1.82, 2.24) is 20.0 Å². The maximum Gasteiger partial charge on any atom is 0.274 e. The molecule has 1 N–H and O–H groups in total. The van der Waals surface area contributed by atoms with E-state index >= 15 is 0 Å². The third-order valence-electron chi connectivity index (χ3n) is 5.42. The molecule has 1 aromatic carbocycles. The van der Waals surface area contributed by atoms with E-state index in [0.717, 1.165) is 24.2 Å². The highest BCUT2D eigenvalue weighted by Gasteiger charge is 2.36. The molecule has 0 saturated carbocycles. The van der Waals surface area contributed by atoms with Gasteiger partial charge >= 0.3 is 0 Å². The maximum absolute atomic E-state index is 12.9. The van der Waals surface area contributed by atoms with Crippen molar-refractivity contribution in [2.75, 3.05) is 7.05 Å². The van der Waals surface area contributed by atoms with Crippen LogP contribution in [0, 0.1) is 6.92 Å². The fourth-order valence-corrected chi connectivity index (χ4v) is 4.10. The molecular weight excluding hydrogens is 336 g/mol. The van der Waals surface area contributed by atoms with Crippen LogP contribution < -0.4 is 5.32 Å². The van der Waals surface area contributed by atoms with E-state index in [1.807, 2.05) is 60.0 Å². The van der Waals surface area contributed by atoms with Crippen molar-refractivity contribution in [3.05, 3.63) is 47.8 Å². The highest BCUT2D eigenvalue weighted by atomic mass is 35.5. The SMILES string of the molecule is Cc1cc(C(=O)N(C)C2CC3CCC(C2)N3)nn1-c1ccccc1.Cl. The lowest BCUT2D eigenvalue weighted by Gasteiger charge is -2.35. The Bertz CT molecular complexity index is 733. The summed E-state index contributed by atoms with van der Waals surface area (Å²) in [6, 6.07) is 13.3. The zero-order valence-corrected chi connectivity index (χ0v) is 15.5. The Hall–Kier alpha value is -1.85. The molecule has 4 rings (SSSR count). The molecule has 2 aromatic rings. The van der Waals surface area contributed by atoms with Crippen LogP contribution in [0.25, 0.3) is 5.69 Å². The van der Waals surface area contributed by atoms with Crippen LogP contribution in [0.15, 0.2) is 36.4 Å². The molecule has 134 valence electrons. The molecule has 0 aliphatic carbocycles. The predicted octanol–water partition coefficient (Wildman–Crippen LogP) is 2.96. The average molecular weight is 361 g/mol. The van der Waals surface area contributed by atoms with Crippen molar-refractivity contribution in [2.24, 2.45) is 0 Å². The number of halogens is 1. The Morgan fingerprint density at radius 3 is 2.48 bits per heavy atom. The topological polar surface area (TPSA) is 50.2 Å². The Kier molecular flexibility index (Phi) is 5.16. The first kappa shape index (κ1) is 18.0. The third-order valence-corrected chi connectivity index (χ3v) is 5.42. The van der Waals surface area contributed by atoms with Crippen molar-refractivity contribution in [3.63, 3.8) is 0 Å². The lowest BCUT2D eigenvalue weighted by Crippen LogP contribution is -2.48. The minimum absolute atomic E-state index is 0. The lowest BCUT2D eigenvalue weighted by molar-refractivity contribution is 0.0675. The zero-order valence-electron chi connectivity index (χ0n) is 14.7. The van der Waals surface area contributed by atoms with E-state index in [0.29, 0.717) is 23.8 Å². The Labute approximate surface area is 154 Å². The summed E-state index contributed by atoms with van der Waals surface area (Å²) in [5.41, 5.74) is 2.49. The highest BCUT2D eigenvalue weighted by Crippen LogP contribution is 2.29. The van der Waals surface area contributed by atoms with Gasteiger partial charge < -0.3 is 10.2 Å². The summed E-state index contributed by atoms with van der Waals surface area (Å²) in [6.45, 7) is 1.99. The van der Waals surface area contributed by atoms with Gasteiger partial charge in [-0.05, 0) is 50.8 Å². The number of piperidine rings is 1. The number of benzene rings is 1. The lowest BCUT2D eigenvalue weighted by atomic mass is 9.98. The Morgan fingerprint density at radius 2 is 1.84 bits per heavy atom. The van der Waals surface area contributed by atoms with Crippen molar-refractivity contribution < 1.29 is 4.79 Å². The van der Waals surface area contributed by atoms with Crippen LogP contribution in [-0.2, 0) is 0 Å². The Balaban J connectivity index is 0.00000182. The molecule has 2 unspecified atom stereocenters. The van der Waals surface area contributed by atoms with Gasteiger partial charge in [0.05, 0.1) is 5.69 Å². The number of nitrogens with one attached hydrogen (secondary N) is 1. The number of aromatic nitrogens is 2. The molecular formula is C19H25ClN4O. The van der Waals surface area contributed by atoms with E-state index < -0.39 is 0 Å². The summed E-state index contributed by atoms with van der Waals surface area (Å²) in [6.07, 6.45) is 4.59. The number of rotatable bonds is 3. The van der Waals surface area contributed by atoms with E-state index in [1.165, 1.54) is 12.8 Å². The average Bonchev–Trinajstić information content (AvgIpc) is 3.16. The number of hydrogen-bond donors (Lipinski definition) is 1. The van der Waals surface area contributed by atoms with Gasteiger partial charge in [-0.1, -0.05) is 18.2 Å². The molecule has 2 bridgehead atoms. The fraction of sp³-hybridized carbons (Fsp3) is 0.474. The second-order valence-corrected chi connectivity index (χ2v) is 7.10. The number of carbonyl (C=O) groups excluding carboxylic acids is 1. The Morgan fingerprint density at radius 1 is 1.20 bits per heavy atom. The summed E-state index contributed by atoms with van der Waals surface area (Å²) in [7, 11) is 1.93. The molecule has 2 fully saturated rings. The fourth-order valence-electron chi connectivity index (χ4n) is 4.10. The largest absolute Gasteiger partial charge is 0.337 e. The van der Waals surface area contributed by atoms with E-state index in [1.54, 1.807) is 0 Å². The standard InChI is InChI=1S/C19H24N4O.ClH/c1-13-10-18(21-23(13)16-6-4-3-5-7-16)19(24)22(2)17-11-14-8-9-15(12-17)20-14;/h3-7,10,14-15,17,20H,8-9,11-12H2,1-2H3;1H. The van der Waals surface area contributed by atoms with Crippen LogP contribution in [0.3, 0.4) is 0 Å². The molecule has 2 aliphatic rings. The number of hydrogen-bond acceptors (Lipinski definition) is 3. The van der Waals surface area contributed by atoms with E-state index in [2.05, 4.69) is 10.4 Å². The highest BCUT2D eigenvalue weighted by molar-refractivity contribution is 5.92. The van der Waals surface area contributed by atoms with Crippen molar-refractivity contribution >= 4 is 18.3 Å². The first-order chi connectivity index (χ1) is 11.6. The normalized spacial score (nSPS) is 24.6. The van der Waals surface area contributed by atoms with Crippen LogP contribution >= 0.6 is 12.4 Å².